The van der Waals surface area contributed by atoms with Crippen LogP contribution in [0.3, 0.4) is 0 Å². The summed E-state index contributed by atoms with van der Waals surface area (Å²) in [5.74, 6) is 0. The third-order valence-electron chi connectivity index (χ3n) is 9.84. The predicted molar refractivity (Wildman–Crippen MR) is 211 cm³/mol. The standard InChI is InChI=1S/C48H32N2/c1-4-14-33(15-5-1)35-24-27-46-42(30-35)43-32-37(25-28-47(43)49(46)38-18-8-3-9-19-38)36-26-29-48-41(31-36)40-21-11-13-23-45(40)50(48)44-22-12-10-20-39(44)34-16-6-2-7-17-34/h1-32H/i25D,28D,32D. The van der Waals surface area contributed by atoms with E-state index in [-0.39, 0.29) is 18.1 Å². The highest BCUT2D eigenvalue weighted by atomic mass is 15.0. The normalized spacial score (nSPS) is 12.4. The van der Waals surface area contributed by atoms with Crippen LogP contribution in [0.15, 0.2) is 194 Å². The summed E-state index contributed by atoms with van der Waals surface area (Å²) in [5.41, 5.74) is 11.2. The molecule has 0 N–H and O–H groups in total. The van der Waals surface area contributed by atoms with E-state index in [1.165, 1.54) is 0 Å². The van der Waals surface area contributed by atoms with Gasteiger partial charge in [-0.2, -0.15) is 0 Å². The Balaban J connectivity index is 1.25. The zero-order valence-electron chi connectivity index (χ0n) is 30.1. The highest BCUT2D eigenvalue weighted by Crippen LogP contribution is 2.40. The minimum Gasteiger partial charge on any atom is -0.309 e. The van der Waals surface area contributed by atoms with E-state index in [0.717, 1.165) is 71.9 Å². The smallest absolute Gasteiger partial charge is 0.0645 e. The third-order valence-corrected chi connectivity index (χ3v) is 9.84. The number of aromatic nitrogens is 2. The Hall–Kier alpha value is -6.64. The summed E-state index contributed by atoms with van der Waals surface area (Å²) in [6, 6.07) is 60.6. The van der Waals surface area contributed by atoms with E-state index in [9.17, 15) is 4.11 Å². The van der Waals surface area contributed by atoms with Gasteiger partial charge in [0, 0.05) is 32.8 Å². The maximum Gasteiger partial charge on any atom is 0.0645 e. The Bertz CT molecular complexity index is 3020. The van der Waals surface area contributed by atoms with Crippen LogP contribution >= 0.6 is 0 Å². The largest absolute Gasteiger partial charge is 0.309 e. The number of rotatable bonds is 5. The van der Waals surface area contributed by atoms with Crippen molar-refractivity contribution in [3.63, 3.8) is 0 Å². The topological polar surface area (TPSA) is 9.86 Å². The molecule has 0 amide bonds. The van der Waals surface area contributed by atoms with E-state index in [2.05, 4.69) is 120 Å². The molecule has 0 saturated heterocycles. The molecule has 234 valence electrons. The number of fused-ring (bicyclic) bond motifs is 6. The minimum atomic E-state index is 0.0447. The summed E-state index contributed by atoms with van der Waals surface area (Å²) >= 11 is 0. The van der Waals surface area contributed by atoms with Crippen LogP contribution in [0.4, 0.5) is 0 Å². The van der Waals surface area contributed by atoms with Crippen molar-refractivity contribution in [1.82, 2.24) is 9.13 Å². The van der Waals surface area contributed by atoms with Gasteiger partial charge in [0.25, 0.3) is 0 Å². The zero-order valence-corrected chi connectivity index (χ0v) is 27.1. The van der Waals surface area contributed by atoms with Crippen LogP contribution in [0.2, 0.25) is 0 Å². The molecular weight excluding hydrogens is 605 g/mol. The van der Waals surface area contributed by atoms with Crippen molar-refractivity contribution >= 4 is 43.6 Å². The van der Waals surface area contributed by atoms with Crippen LogP contribution in [0.25, 0.3) is 88.4 Å². The summed E-state index contributed by atoms with van der Waals surface area (Å²) < 4.78 is 33.2. The number of nitrogens with zero attached hydrogens (tertiary/aromatic N) is 2. The van der Waals surface area contributed by atoms with Gasteiger partial charge in [-0.1, -0.05) is 133 Å². The van der Waals surface area contributed by atoms with Crippen LogP contribution in [-0.4, -0.2) is 9.13 Å². The molecule has 10 aromatic rings. The van der Waals surface area contributed by atoms with Gasteiger partial charge in [-0.05, 0) is 88.4 Å². The second-order valence-corrected chi connectivity index (χ2v) is 12.7. The first-order valence-corrected chi connectivity index (χ1v) is 17.0. The second-order valence-electron chi connectivity index (χ2n) is 12.7. The Morgan fingerprint density at radius 1 is 0.340 bits per heavy atom. The van der Waals surface area contributed by atoms with E-state index < -0.39 is 0 Å². The lowest BCUT2D eigenvalue weighted by molar-refractivity contribution is 1.18. The average molecular weight is 640 g/mol. The van der Waals surface area contributed by atoms with E-state index in [4.69, 9.17) is 0 Å². The van der Waals surface area contributed by atoms with Crippen molar-refractivity contribution < 1.29 is 4.11 Å². The summed E-state index contributed by atoms with van der Waals surface area (Å²) in [6.07, 6.45) is 0. The van der Waals surface area contributed by atoms with Crippen molar-refractivity contribution in [2.45, 2.75) is 0 Å². The fourth-order valence-corrected chi connectivity index (χ4v) is 7.53. The van der Waals surface area contributed by atoms with E-state index >= 15 is 0 Å². The SMILES string of the molecule is [2H]c1c(-c2ccc3c(c2)c2ccccc2n3-c2ccccc2-c2ccccc2)c([2H])c2c3cc(-c4ccccc4)ccc3n(-c3ccccc3)c2c1[2H]. The molecule has 2 heteroatoms. The van der Waals surface area contributed by atoms with Crippen LogP contribution in [0.1, 0.15) is 4.11 Å². The molecule has 10 rings (SSSR count). The molecule has 0 aliphatic rings. The van der Waals surface area contributed by atoms with Crippen molar-refractivity contribution in [3.8, 4) is 44.8 Å². The minimum absolute atomic E-state index is 0.0447. The van der Waals surface area contributed by atoms with Gasteiger partial charge in [0.2, 0.25) is 0 Å². The number of para-hydroxylation sites is 3. The number of hydrogen-bond donors (Lipinski definition) is 0. The second kappa shape index (κ2) is 11.5. The maximum atomic E-state index is 9.86. The lowest BCUT2D eigenvalue weighted by Crippen LogP contribution is -1.97. The van der Waals surface area contributed by atoms with Gasteiger partial charge in [-0.25, -0.2) is 0 Å². The Morgan fingerprint density at radius 2 is 0.900 bits per heavy atom. The molecule has 2 nitrogen and oxygen atoms in total. The first-order valence-electron chi connectivity index (χ1n) is 18.5. The fourth-order valence-electron chi connectivity index (χ4n) is 7.53. The molecule has 0 radical (unpaired) electrons. The summed E-state index contributed by atoms with van der Waals surface area (Å²) in [4.78, 5) is 0. The molecule has 0 atom stereocenters. The molecular formula is C48H32N2. The van der Waals surface area contributed by atoms with Crippen LogP contribution < -0.4 is 0 Å². The summed E-state index contributed by atoms with van der Waals surface area (Å²) in [6.45, 7) is 0. The maximum absolute atomic E-state index is 9.86. The molecule has 0 aliphatic heterocycles. The Morgan fingerprint density at radius 3 is 1.66 bits per heavy atom. The van der Waals surface area contributed by atoms with Crippen LogP contribution in [0.5, 0.6) is 0 Å². The lowest BCUT2D eigenvalue weighted by atomic mass is 9.99. The molecule has 0 fully saturated rings. The molecule has 0 saturated carbocycles. The molecule has 0 bridgehead atoms. The van der Waals surface area contributed by atoms with Gasteiger partial charge in [0.1, 0.15) is 0 Å². The Labute approximate surface area is 294 Å². The Kier molecular flexibility index (Phi) is 5.84. The molecule has 0 spiro atoms. The summed E-state index contributed by atoms with van der Waals surface area (Å²) in [7, 11) is 0. The van der Waals surface area contributed by atoms with Crippen molar-refractivity contribution in [1.29, 1.82) is 0 Å². The van der Waals surface area contributed by atoms with E-state index in [1.807, 2.05) is 65.2 Å². The van der Waals surface area contributed by atoms with Gasteiger partial charge in [-0.15, -0.1) is 0 Å². The van der Waals surface area contributed by atoms with Crippen molar-refractivity contribution in [3.05, 3.63) is 194 Å². The molecule has 0 aliphatic carbocycles. The van der Waals surface area contributed by atoms with E-state index in [0.29, 0.717) is 16.5 Å². The van der Waals surface area contributed by atoms with Gasteiger partial charge in [0.05, 0.1) is 31.9 Å². The highest BCUT2D eigenvalue weighted by Gasteiger charge is 2.18. The quantitative estimate of drug-likeness (QED) is 0.177. The number of benzene rings is 8. The average Bonchev–Trinajstić information content (AvgIpc) is 3.74. The van der Waals surface area contributed by atoms with Gasteiger partial charge >= 0.3 is 0 Å². The van der Waals surface area contributed by atoms with Crippen LogP contribution in [0, 0.1) is 0 Å². The first-order chi connectivity index (χ1) is 26.1. The van der Waals surface area contributed by atoms with Crippen molar-refractivity contribution in [2.24, 2.45) is 0 Å². The summed E-state index contributed by atoms with van der Waals surface area (Å²) in [5, 5.41) is 3.69. The first kappa shape index (κ1) is 25.4. The fraction of sp³-hybridized carbons (Fsp3) is 0. The molecule has 8 aromatic carbocycles. The van der Waals surface area contributed by atoms with Gasteiger partial charge in [-0.3, -0.25) is 0 Å². The molecule has 2 heterocycles. The van der Waals surface area contributed by atoms with Gasteiger partial charge in [0.15, 0.2) is 0 Å². The molecule has 0 unspecified atom stereocenters. The van der Waals surface area contributed by atoms with E-state index in [1.54, 1.807) is 0 Å². The molecule has 50 heavy (non-hydrogen) atoms. The molecule has 2 aromatic heterocycles. The van der Waals surface area contributed by atoms with Crippen LogP contribution in [-0.2, 0) is 0 Å². The lowest BCUT2D eigenvalue weighted by Gasteiger charge is -2.14. The monoisotopic (exact) mass is 639 g/mol. The zero-order chi connectivity index (χ0) is 35.6. The van der Waals surface area contributed by atoms with Crippen molar-refractivity contribution in [2.75, 3.05) is 0 Å². The third kappa shape index (κ3) is 4.50. The van der Waals surface area contributed by atoms with Gasteiger partial charge < -0.3 is 9.13 Å². The number of hydrogen-bond acceptors (Lipinski definition) is 0. The highest BCUT2D eigenvalue weighted by molar-refractivity contribution is 6.13. The predicted octanol–water partition coefficient (Wildman–Crippen LogP) is 12.9.